The molecule has 4 rings (SSSR count). The van der Waals surface area contributed by atoms with Crippen molar-refractivity contribution in [3.63, 3.8) is 0 Å². The number of benzene rings is 2. The SMILES string of the molecule is CN1CCCC2(CCN(C(=O)c3ccccc3Oc3ccccc3)C2)C1=O. The normalized spacial score (nSPS) is 22.3. The first-order valence-electron chi connectivity index (χ1n) is 9.46. The lowest BCUT2D eigenvalue weighted by molar-refractivity contribution is -0.143. The van der Waals surface area contributed by atoms with Gasteiger partial charge < -0.3 is 14.5 Å². The Labute approximate surface area is 159 Å². The van der Waals surface area contributed by atoms with Gasteiger partial charge in [0.25, 0.3) is 5.91 Å². The van der Waals surface area contributed by atoms with Crippen LogP contribution >= 0.6 is 0 Å². The lowest BCUT2D eigenvalue weighted by Gasteiger charge is -2.37. The first kappa shape index (κ1) is 17.6. The molecule has 2 aromatic carbocycles. The fourth-order valence-corrected chi connectivity index (χ4v) is 4.21. The van der Waals surface area contributed by atoms with Crippen molar-refractivity contribution in [3.8, 4) is 11.5 Å². The summed E-state index contributed by atoms with van der Waals surface area (Å²) in [6.45, 7) is 1.91. The topological polar surface area (TPSA) is 49.9 Å². The molecule has 1 spiro atoms. The fourth-order valence-electron chi connectivity index (χ4n) is 4.21. The summed E-state index contributed by atoms with van der Waals surface area (Å²) in [4.78, 5) is 29.5. The Kier molecular flexibility index (Phi) is 4.60. The van der Waals surface area contributed by atoms with E-state index in [0.29, 0.717) is 30.2 Å². The van der Waals surface area contributed by atoms with Crippen LogP contribution in [0.4, 0.5) is 0 Å². The molecule has 1 unspecified atom stereocenters. The number of amides is 2. The minimum absolute atomic E-state index is 0.0700. The van der Waals surface area contributed by atoms with Crippen LogP contribution in [0.2, 0.25) is 0 Å². The summed E-state index contributed by atoms with van der Waals surface area (Å²) >= 11 is 0. The van der Waals surface area contributed by atoms with Crippen molar-refractivity contribution < 1.29 is 14.3 Å². The molecule has 2 aliphatic heterocycles. The number of para-hydroxylation sites is 2. The zero-order valence-corrected chi connectivity index (χ0v) is 15.6. The summed E-state index contributed by atoms with van der Waals surface area (Å²) in [6, 6.07) is 16.8. The second-order valence-corrected chi connectivity index (χ2v) is 7.50. The van der Waals surface area contributed by atoms with Crippen molar-refractivity contribution in [1.29, 1.82) is 0 Å². The number of carbonyl (C=O) groups is 2. The Morgan fingerprint density at radius 3 is 2.56 bits per heavy atom. The van der Waals surface area contributed by atoms with Gasteiger partial charge in [-0.2, -0.15) is 0 Å². The summed E-state index contributed by atoms with van der Waals surface area (Å²) in [5.74, 6) is 1.35. The van der Waals surface area contributed by atoms with Crippen molar-refractivity contribution in [1.82, 2.24) is 9.80 Å². The van der Waals surface area contributed by atoms with Crippen molar-refractivity contribution in [2.24, 2.45) is 5.41 Å². The van der Waals surface area contributed by atoms with Crippen molar-refractivity contribution in [2.45, 2.75) is 19.3 Å². The molecule has 0 bridgehead atoms. The Morgan fingerprint density at radius 2 is 1.74 bits per heavy atom. The summed E-state index contributed by atoms with van der Waals surface area (Å²) < 4.78 is 5.94. The van der Waals surface area contributed by atoms with Gasteiger partial charge in [-0.25, -0.2) is 0 Å². The molecular formula is C22H24N2O3. The van der Waals surface area contributed by atoms with Crippen LogP contribution in [0.25, 0.3) is 0 Å². The van der Waals surface area contributed by atoms with Crippen molar-refractivity contribution in [3.05, 3.63) is 60.2 Å². The van der Waals surface area contributed by atoms with Gasteiger partial charge in [0.2, 0.25) is 5.91 Å². The molecule has 2 aliphatic rings. The molecule has 0 N–H and O–H groups in total. The molecule has 0 saturated carbocycles. The first-order valence-corrected chi connectivity index (χ1v) is 9.46. The van der Waals surface area contributed by atoms with Crippen LogP contribution in [0.1, 0.15) is 29.6 Å². The zero-order chi connectivity index (χ0) is 18.9. The standard InChI is InChI=1S/C22H24N2O3/c1-23-14-7-12-22(21(23)26)13-15-24(16-22)20(25)18-10-5-6-11-19(18)27-17-8-3-2-4-9-17/h2-6,8-11H,7,12-16H2,1H3. The van der Waals surface area contributed by atoms with Gasteiger partial charge >= 0.3 is 0 Å². The highest BCUT2D eigenvalue weighted by Gasteiger charge is 2.48. The molecule has 0 aromatic heterocycles. The summed E-state index contributed by atoms with van der Waals surface area (Å²) in [6.07, 6.45) is 2.60. The van der Waals surface area contributed by atoms with E-state index in [9.17, 15) is 9.59 Å². The van der Waals surface area contributed by atoms with Gasteiger partial charge in [0.05, 0.1) is 11.0 Å². The maximum atomic E-state index is 13.2. The molecule has 1 atom stereocenters. The van der Waals surface area contributed by atoms with E-state index in [1.54, 1.807) is 6.07 Å². The third-order valence-corrected chi connectivity index (χ3v) is 5.68. The molecule has 2 amide bonds. The molecule has 5 heteroatoms. The van der Waals surface area contributed by atoms with Gasteiger partial charge in [0.15, 0.2) is 0 Å². The van der Waals surface area contributed by atoms with E-state index in [0.717, 1.165) is 25.8 Å². The monoisotopic (exact) mass is 364 g/mol. The fraction of sp³-hybridized carbons (Fsp3) is 0.364. The Morgan fingerprint density at radius 1 is 1.00 bits per heavy atom. The third-order valence-electron chi connectivity index (χ3n) is 5.68. The van der Waals surface area contributed by atoms with Crippen LogP contribution in [-0.4, -0.2) is 48.3 Å². The van der Waals surface area contributed by atoms with E-state index in [1.165, 1.54) is 0 Å². The zero-order valence-electron chi connectivity index (χ0n) is 15.6. The van der Waals surface area contributed by atoms with Gasteiger partial charge in [0, 0.05) is 26.7 Å². The van der Waals surface area contributed by atoms with E-state index in [4.69, 9.17) is 4.74 Å². The maximum Gasteiger partial charge on any atom is 0.257 e. The summed E-state index contributed by atoms with van der Waals surface area (Å²) in [7, 11) is 1.86. The number of ether oxygens (including phenoxy) is 1. The van der Waals surface area contributed by atoms with Gasteiger partial charge in [-0.1, -0.05) is 30.3 Å². The van der Waals surface area contributed by atoms with Crippen LogP contribution in [0.3, 0.4) is 0 Å². The maximum absolute atomic E-state index is 13.2. The second kappa shape index (κ2) is 7.06. The average Bonchev–Trinajstić information content (AvgIpc) is 3.12. The highest BCUT2D eigenvalue weighted by atomic mass is 16.5. The second-order valence-electron chi connectivity index (χ2n) is 7.50. The van der Waals surface area contributed by atoms with E-state index in [-0.39, 0.29) is 11.8 Å². The predicted octanol–water partition coefficient (Wildman–Crippen LogP) is 3.56. The van der Waals surface area contributed by atoms with E-state index in [1.807, 2.05) is 65.4 Å². The molecule has 0 aliphatic carbocycles. The molecule has 2 fully saturated rings. The first-order chi connectivity index (χ1) is 13.1. The molecule has 2 aromatic rings. The number of carbonyl (C=O) groups excluding carboxylic acids is 2. The Hall–Kier alpha value is -2.82. The number of hydrogen-bond donors (Lipinski definition) is 0. The minimum Gasteiger partial charge on any atom is -0.457 e. The van der Waals surface area contributed by atoms with Crippen molar-refractivity contribution in [2.75, 3.05) is 26.7 Å². The van der Waals surface area contributed by atoms with Gasteiger partial charge in [-0.05, 0) is 43.5 Å². The van der Waals surface area contributed by atoms with Crippen molar-refractivity contribution >= 4 is 11.8 Å². The van der Waals surface area contributed by atoms with Gasteiger partial charge in [-0.15, -0.1) is 0 Å². The predicted molar refractivity (Wildman–Crippen MR) is 103 cm³/mol. The molecule has 27 heavy (non-hydrogen) atoms. The Bertz CT molecular complexity index is 852. The minimum atomic E-state index is -0.405. The molecular weight excluding hydrogens is 340 g/mol. The van der Waals surface area contributed by atoms with Crippen LogP contribution in [0, 0.1) is 5.41 Å². The van der Waals surface area contributed by atoms with E-state index < -0.39 is 5.41 Å². The summed E-state index contributed by atoms with van der Waals surface area (Å²) in [5, 5.41) is 0. The number of likely N-dealkylation sites (tertiary alicyclic amines) is 2. The number of piperidine rings is 1. The highest BCUT2D eigenvalue weighted by molar-refractivity contribution is 5.98. The lowest BCUT2D eigenvalue weighted by Crippen LogP contribution is -2.48. The van der Waals surface area contributed by atoms with Crippen LogP contribution in [0.5, 0.6) is 11.5 Å². The molecule has 2 saturated heterocycles. The van der Waals surface area contributed by atoms with Gasteiger partial charge in [0.1, 0.15) is 11.5 Å². The summed E-state index contributed by atoms with van der Waals surface area (Å²) in [5.41, 5.74) is 0.132. The number of rotatable bonds is 3. The van der Waals surface area contributed by atoms with Crippen LogP contribution in [-0.2, 0) is 4.79 Å². The third kappa shape index (κ3) is 3.29. The van der Waals surface area contributed by atoms with Crippen LogP contribution in [0.15, 0.2) is 54.6 Å². The Balaban J connectivity index is 1.55. The van der Waals surface area contributed by atoms with E-state index in [2.05, 4.69) is 0 Å². The molecule has 2 heterocycles. The average molecular weight is 364 g/mol. The van der Waals surface area contributed by atoms with E-state index >= 15 is 0 Å². The largest absolute Gasteiger partial charge is 0.457 e. The molecule has 140 valence electrons. The smallest absolute Gasteiger partial charge is 0.257 e. The quantitative estimate of drug-likeness (QED) is 0.837. The number of hydrogen-bond acceptors (Lipinski definition) is 3. The van der Waals surface area contributed by atoms with Crippen LogP contribution < -0.4 is 4.74 Å². The lowest BCUT2D eigenvalue weighted by atomic mass is 9.78. The molecule has 0 radical (unpaired) electrons. The molecule has 5 nitrogen and oxygen atoms in total. The van der Waals surface area contributed by atoms with Gasteiger partial charge in [-0.3, -0.25) is 9.59 Å². The highest BCUT2D eigenvalue weighted by Crippen LogP contribution is 2.40. The number of nitrogens with zero attached hydrogens (tertiary/aromatic N) is 2.